The predicted octanol–water partition coefficient (Wildman–Crippen LogP) is 1.77. The molecule has 0 aromatic heterocycles. The lowest BCUT2D eigenvalue weighted by molar-refractivity contribution is -0.117. The number of aryl methyl sites for hydroxylation is 1. The molecule has 0 radical (unpaired) electrons. The van der Waals surface area contributed by atoms with Crippen molar-refractivity contribution in [1.29, 1.82) is 0 Å². The topological polar surface area (TPSA) is 47.7 Å². The van der Waals surface area contributed by atoms with Crippen LogP contribution in [0.25, 0.3) is 0 Å². The molecule has 0 aliphatic carbocycles. The zero-order chi connectivity index (χ0) is 14.4. The highest BCUT2D eigenvalue weighted by atomic mass is 16.7. The Labute approximate surface area is 121 Å². The molecule has 2 rings (SSSR count). The quantitative estimate of drug-likeness (QED) is 0.806. The fourth-order valence-electron chi connectivity index (χ4n) is 2.94. The molecule has 4 nitrogen and oxygen atoms in total. The van der Waals surface area contributed by atoms with Gasteiger partial charge in [0.25, 0.3) is 0 Å². The van der Waals surface area contributed by atoms with E-state index in [4.69, 9.17) is 15.2 Å². The summed E-state index contributed by atoms with van der Waals surface area (Å²) in [6, 6.07) is 9.01. The summed E-state index contributed by atoms with van der Waals surface area (Å²) >= 11 is 0. The van der Waals surface area contributed by atoms with E-state index in [2.05, 4.69) is 29.2 Å². The third-order valence-electron chi connectivity index (χ3n) is 4.16. The highest BCUT2D eigenvalue weighted by Gasteiger charge is 2.23. The molecule has 1 aromatic carbocycles. The van der Waals surface area contributed by atoms with E-state index in [1.807, 2.05) is 0 Å². The number of nitrogens with two attached hydrogens (primary N) is 1. The van der Waals surface area contributed by atoms with E-state index in [0.717, 1.165) is 25.9 Å². The lowest BCUT2D eigenvalue weighted by atomic mass is 10.0. The van der Waals surface area contributed by atoms with E-state index in [1.54, 1.807) is 14.2 Å². The van der Waals surface area contributed by atoms with Gasteiger partial charge in [0.1, 0.15) is 0 Å². The van der Waals surface area contributed by atoms with Crippen LogP contribution in [-0.2, 0) is 22.4 Å². The summed E-state index contributed by atoms with van der Waals surface area (Å²) in [6.45, 7) is 2.68. The summed E-state index contributed by atoms with van der Waals surface area (Å²) in [4.78, 5) is 2.47. The molecule has 1 aliphatic rings. The third kappa shape index (κ3) is 3.79. The molecule has 112 valence electrons. The van der Waals surface area contributed by atoms with Gasteiger partial charge in [-0.2, -0.15) is 0 Å². The van der Waals surface area contributed by atoms with Gasteiger partial charge >= 0.3 is 0 Å². The minimum absolute atomic E-state index is 0.179. The standard InChI is InChI=1S/C16H26N2O2/c1-19-16(20-2)10-15(11-17)18-9-5-8-13-6-3-4-7-14(13)12-18/h3-4,6-7,15-16H,5,8-12,17H2,1-2H3. The highest BCUT2D eigenvalue weighted by molar-refractivity contribution is 5.28. The first-order valence-corrected chi connectivity index (χ1v) is 7.35. The number of hydrogen-bond acceptors (Lipinski definition) is 4. The van der Waals surface area contributed by atoms with Gasteiger partial charge in [-0.25, -0.2) is 0 Å². The predicted molar refractivity (Wildman–Crippen MR) is 80.4 cm³/mol. The zero-order valence-electron chi connectivity index (χ0n) is 12.5. The van der Waals surface area contributed by atoms with Crippen LogP contribution in [0, 0.1) is 0 Å². The van der Waals surface area contributed by atoms with Crippen LogP contribution in [0.5, 0.6) is 0 Å². The Balaban J connectivity index is 2.07. The minimum atomic E-state index is -0.179. The van der Waals surface area contributed by atoms with Crippen molar-refractivity contribution in [2.75, 3.05) is 27.3 Å². The fraction of sp³-hybridized carbons (Fsp3) is 0.625. The summed E-state index contributed by atoms with van der Waals surface area (Å²) in [6.07, 6.45) is 2.97. The molecule has 20 heavy (non-hydrogen) atoms. The Morgan fingerprint density at radius 2 is 1.90 bits per heavy atom. The van der Waals surface area contributed by atoms with E-state index >= 15 is 0 Å². The largest absolute Gasteiger partial charge is 0.356 e. The van der Waals surface area contributed by atoms with Crippen LogP contribution >= 0.6 is 0 Å². The lowest BCUT2D eigenvalue weighted by Gasteiger charge is -2.31. The molecule has 0 saturated carbocycles. The average Bonchev–Trinajstić information content (AvgIpc) is 2.71. The van der Waals surface area contributed by atoms with Gasteiger partial charge in [-0.1, -0.05) is 24.3 Å². The monoisotopic (exact) mass is 278 g/mol. The average molecular weight is 278 g/mol. The number of fused-ring (bicyclic) bond motifs is 1. The van der Waals surface area contributed by atoms with E-state index in [-0.39, 0.29) is 6.29 Å². The van der Waals surface area contributed by atoms with Crippen LogP contribution in [0.3, 0.4) is 0 Å². The second kappa shape index (κ2) is 7.74. The van der Waals surface area contributed by atoms with Crippen molar-refractivity contribution >= 4 is 0 Å². The van der Waals surface area contributed by atoms with Crippen LogP contribution in [0.4, 0.5) is 0 Å². The summed E-state index contributed by atoms with van der Waals surface area (Å²) in [5.41, 5.74) is 8.88. The number of nitrogens with zero attached hydrogens (tertiary/aromatic N) is 1. The third-order valence-corrected chi connectivity index (χ3v) is 4.16. The molecule has 0 bridgehead atoms. The maximum Gasteiger partial charge on any atom is 0.158 e. The number of methoxy groups -OCH3 is 2. The molecule has 0 amide bonds. The van der Waals surface area contributed by atoms with Crippen molar-refractivity contribution in [1.82, 2.24) is 4.90 Å². The minimum Gasteiger partial charge on any atom is -0.356 e. The maximum absolute atomic E-state index is 5.98. The molecule has 1 aliphatic heterocycles. The molecule has 0 spiro atoms. The Morgan fingerprint density at radius 3 is 2.55 bits per heavy atom. The van der Waals surface area contributed by atoms with Gasteiger partial charge in [-0.15, -0.1) is 0 Å². The van der Waals surface area contributed by atoms with Gasteiger partial charge in [-0.3, -0.25) is 4.90 Å². The fourth-order valence-corrected chi connectivity index (χ4v) is 2.94. The first-order chi connectivity index (χ1) is 9.78. The molecular formula is C16H26N2O2. The van der Waals surface area contributed by atoms with Crippen LogP contribution in [0.15, 0.2) is 24.3 Å². The maximum atomic E-state index is 5.98. The summed E-state index contributed by atoms with van der Waals surface area (Å²) in [5.74, 6) is 0. The lowest BCUT2D eigenvalue weighted by Crippen LogP contribution is -2.43. The normalized spacial score (nSPS) is 17.8. The molecule has 1 aromatic rings. The van der Waals surface area contributed by atoms with Crippen LogP contribution < -0.4 is 5.73 Å². The molecular weight excluding hydrogens is 252 g/mol. The van der Waals surface area contributed by atoms with Crippen molar-refractivity contribution in [3.63, 3.8) is 0 Å². The van der Waals surface area contributed by atoms with Gasteiger partial charge in [-0.05, 0) is 30.5 Å². The van der Waals surface area contributed by atoms with Crippen LogP contribution in [-0.4, -0.2) is 44.5 Å². The molecule has 0 fully saturated rings. The first-order valence-electron chi connectivity index (χ1n) is 7.35. The Kier molecular flexibility index (Phi) is 5.98. The van der Waals surface area contributed by atoms with Crippen molar-refractivity contribution < 1.29 is 9.47 Å². The SMILES string of the molecule is COC(CC(CN)N1CCCc2ccccc2C1)OC. The van der Waals surface area contributed by atoms with E-state index < -0.39 is 0 Å². The summed E-state index contributed by atoms with van der Waals surface area (Å²) < 4.78 is 10.6. The zero-order valence-corrected chi connectivity index (χ0v) is 12.5. The number of benzene rings is 1. The van der Waals surface area contributed by atoms with E-state index in [1.165, 1.54) is 17.5 Å². The van der Waals surface area contributed by atoms with Gasteiger partial charge in [0.05, 0.1) is 0 Å². The van der Waals surface area contributed by atoms with Crippen molar-refractivity contribution in [2.45, 2.75) is 38.1 Å². The Hall–Kier alpha value is -0.940. The van der Waals surface area contributed by atoms with Crippen LogP contribution in [0.2, 0.25) is 0 Å². The highest BCUT2D eigenvalue weighted by Crippen LogP contribution is 2.21. The number of hydrogen-bond donors (Lipinski definition) is 1. The van der Waals surface area contributed by atoms with Crippen molar-refractivity contribution in [3.05, 3.63) is 35.4 Å². The molecule has 1 unspecified atom stereocenters. The second-order valence-electron chi connectivity index (χ2n) is 5.37. The van der Waals surface area contributed by atoms with Crippen molar-refractivity contribution in [3.8, 4) is 0 Å². The van der Waals surface area contributed by atoms with E-state index in [0.29, 0.717) is 12.6 Å². The van der Waals surface area contributed by atoms with Crippen molar-refractivity contribution in [2.24, 2.45) is 5.73 Å². The van der Waals surface area contributed by atoms with Gasteiger partial charge < -0.3 is 15.2 Å². The van der Waals surface area contributed by atoms with E-state index in [9.17, 15) is 0 Å². The Morgan fingerprint density at radius 1 is 1.20 bits per heavy atom. The van der Waals surface area contributed by atoms with Gasteiger partial charge in [0.2, 0.25) is 0 Å². The summed E-state index contributed by atoms with van der Waals surface area (Å²) in [5, 5.41) is 0. The first kappa shape index (κ1) is 15.4. The van der Waals surface area contributed by atoms with Gasteiger partial charge in [0, 0.05) is 39.8 Å². The summed E-state index contributed by atoms with van der Waals surface area (Å²) in [7, 11) is 3.36. The number of ether oxygens (including phenoxy) is 2. The smallest absolute Gasteiger partial charge is 0.158 e. The second-order valence-corrected chi connectivity index (χ2v) is 5.37. The molecule has 1 heterocycles. The molecule has 1 atom stereocenters. The Bertz CT molecular complexity index is 407. The molecule has 2 N–H and O–H groups in total. The van der Waals surface area contributed by atoms with Gasteiger partial charge in [0.15, 0.2) is 6.29 Å². The number of rotatable bonds is 6. The molecule has 0 saturated heterocycles. The van der Waals surface area contributed by atoms with Crippen LogP contribution in [0.1, 0.15) is 24.0 Å². The molecule has 4 heteroatoms.